The lowest BCUT2D eigenvalue weighted by Crippen LogP contribution is -2.23. The van der Waals surface area contributed by atoms with Gasteiger partial charge in [0.05, 0.1) is 17.8 Å². The Labute approximate surface area is 136 Å². The second-order valence-corrected chi connectivity index (χ2v) is 6.30. The molecule has 1 saturated heterocycles. The van der Waals surface area contributed by atoms with E-state index in [1.807, 2.05) is 17.9 Å². The lowest BCUT2D eigenvalue weighted by molar-refractivity contribution is 0.716. The fourth-order valence-corrected chi connectivity index (χ4v) is 3.64. The van der Waals surface area contributed by atoms with E-state index in [1.165, 1.54) is 29.5 Å². The molecule has 0 amide bonds. The average Bonchev–Trinajstić information content (AvgIpc) is 3.22. The molecule has 0 N–H and O–H groups in total. The van der Waals surface area contributed by atoms with Crippen LogP contribution >= 0.6 is 0 Å². The van der Waals surface area contributed by atoms with Crippen molar-refractivity contribution in [2.75, 3.05) is 11.4 Å². The van der Waals surface area contributed by atoms with Gasteiger partial charge in [-0.15, -0.1) is 0 Å². The van der Waals surface area contributed by atoms with Crippen LogP contribution in [0.2, 0.25) is 0 Å². The molecule has 1 unspecified atom stereocenters. The van der Waals surface area contributed by atoms with E-state index in [-0.39, 0.29) is 0 Å². The summed E-state index contributed by atoms with van der Waals surface area (Å²) in [5.74, 6) is 0. The molecule has 0 radical (unpaired) electrons. The molecule has 2 aromatic heterocycles. The van der Waals surface area contributed by atoms with Crippen LogP contribution in [0.15, 0.2) is 42.7 Å². The van der Waals surface area contributed by atoms with Gasteiger partial charge in [0.15, 0.2) is 0 Å². The van der Waals surface area contributed by atoms with Crippen molar-refractivity contribution in [2.45, 2.75) is 32.2 Å². The molecule has 4 nitrogen and oxygen atoms in total. The van der Waals surface area contributed by atoms with Crippen LogP contribution < -0.4 is 4.90 Å². The van der Waals surface area contributed by atoms with Gasteiger partial charge in [0.2, 0.25) is 0 Å². The fraction of sp³-hybridized carbons (Fsp3) is 0.368. The molecule has 4 heteroatoms. The Morgan fingerprint density at radius 3 is 2.91 bits per heavy atom. The molecule has 4 rings (SSSR count). The van der Waals surface area contributed by atoms with Crippen LogP contribution in [-0.2, 0) is 13.5 Å². The third kappa shape index (κ3) is 2.48. The molecule has 1 atom stereocenters. The zero-order valence-corrected chi connectivity index (χ0v) is 13.7. The number of anilines is 1. The SMILES string of the molecule is CCc1cc(N2CCCC2c2cnn(C)c2)c2ccccc2n1. The highest BCUT2D eigenvalue weighted by molar-refractivity contribution is 5.92. The zero-order chi connectivity index (χ0) is 15.8. The Hall–Kier alpha value is -2.36. The van der Waals surface area contributed by atoms with Crippen molar-refractivity contribution < 1.29 is 0 Å². The normalized spacial score (nSPS) is 18.0. The quantitative estimate of drug-likeness (QED) is 0.736. The molecule has 23 heavy (non-hydrogen) atoms. The molecule has 1 aromatic carbocycles. The lowest BCUT2D eigenvalue weighted by atomic mass is 10.1. The van der Waals surface area contributed by atoms with Gasteiger partial charge >= 0.3 is 0 Å². The highest BCUT2D eigenvalue weighted by Crippen LogP contribution is 2.39. The molecular weight excluding hydrogens is 284 g/mol. The van der Waals surface area contributed by atoms with E-state index in [1.54, 1.807) is 0 Å². The summed E-state index contributed by atoms with van der Waals surface area (Å²) in [6.07, 6.45) is 7.52. The summed E-state index contributed by atoms with van der Waals surface area (Å²) < 4.78 is 1.90. The molecule has 1 aliphatic rings. The number of hydrogen-bond donors (Lipinski definition) is 0. The van der Waals surface area contributed by atoms with Crippen LogP contribution in [0.1, 0.15) is 37.1 Å². The van der Waals surface area contributed by atoms with Crippen molar-refractivity contribution in [1.82, 2.24) is 14.8 Å². The number of nitrogens with zero attached hydrogens (tertiary/aromatic N) is 4. The molecule has 3 aromatic rings. The third-order valence-electron chi connectivity index (χ3n) is 4.78. The summed E-state index contributed by atoms with van der Waals surface area (Å²) >= 11 is 0. The molecule has 0 saturated carbocycles. The first kappa shape index (κ1) is 14.2. The first-order valence-electron chi connectivity index (χ1n) is 8.40. The first-order valence-corrected chi connectivity index (χ1v) is 8.40. The fourth-order valence-electron chi connectivity index (χ4n) is 3.64. The van der Waals surface area contributed by atoms with Crippen LogP contribution in [0.5, 0.6) is 0 Å². The summed E-state index contributed by atoms with van der Waals surface area (Å²) in [5.41, 5.74) is 4.89. The Bertz CT molecular complexity index is 836. The second-order valence-electron chi connectivity index (χ2n) is 6.30. The molecule has 0 spiro atoms. The van der Waals surface area contributed by atoms with Crippen LogP contribution in [0, 0.1) is 0 Å². The molecule has 1 aliphatic heterocycles. The topological polar surface area (TPSA) is 34.0 Å². The number of pyridine rings is 1. The maximum absolute atomic E-state index is 4.78. The molecule has 3 heterocycles. The molecular formula is C19H22N4. The van der Waals surface area contributed by atoms with E-state index >= 15 is 0 Å². The summed E-state index contributed by atoms with van der Waals surface area (Å²) in [6.45, 7) is 3.26. The van der Waals surface area contributed by atoms with Gasteiger partial charge in [0.25, 0.3) is 0 Å². The largest absolute Gasteiger partial charge is 0.364 e. The van der Waals surface area contributed by atoms with Gasteiger partial charge in [0, 0.05) is 42.1 Å². The predicted molar refractivity (Wildman–Crippen MR) is 93.7 cm³/mol. The Balaban J connectivity index is 1.84. The molecule has 0 bridgehead atoms. The Kier molecular flexibility index (Phi) is 3.52. The highest BCUT2D eigenvalue weighted by Gasteiger charge is 2.28. The molecule has 0 aliphatic carbocycles. The Morgan fingerprint density at radius 2 is 2.13 bits per heavy atom. The van der Waals surface area contributed by atoms with E-state index in [9.17, 15) is 0 Å². The van der Waals surface area contributed by atoms with Crippen molar-refractivity contribution in [2.24, 2.45) is 7.05 Å². The maximum atomic E-state index is 4.78. The zero-order valence-electron chi connectivity index (χ0n) is 13.7. The predicted octanol–water partition coefficient (Wildman–Crippen LogP) is 3.87. The van der Waals surface area contributed by atoms with Crippen molar-refractivity contribution in [3.63, 3.8) is 0 Å². The van der Waals surface area contributed by atoms with Crippen molar-refractivity contribution in [3.8, 4) is 0 Å². The maximum Gasteiger partial charge on any atom is 0.0726 e. The summed E-state index contributed by atoms with van der Waals surface area (Å²) in [6, 6.07) is 11.2. The van der Waals surface area contributed by atoms with Crippen LogP contribution in [-0.4, -0.2) is 21.3 Å². The van der Waals surface area contributed by atoms with Gasteiger partial charge in [-0.05, 0) is 31.4 Å². The van der Waals surface area contributed by atoms with Gasteiger partial charge < -0.3 is 4.90 Å². The van der Waals surface area contributed by atoms with Gasteiger partial charge in [-0.25, -0.2) is 0 Å². The number of hydrogen-bond acceptors (Lipinski definition) is 3. The van der Waals surface area contributed by atoms with Crippen LogP contribution in [0.25, 0.3) is 10.9 Å². The van der Waals surface area contributed by atoms with Crippen LogP contribution in [0.4, 0.5) is 5.69 Å². The van der Waals surface area contributed by atoms with Crippen molar-refractivity contribution in [3.05, 3.63) is 54.0 Å². The smallest absolute Gasteiger partial charge is 0.0726 e. The summed E-state index contributed by atoms with van der Waals surface area (Å²) in [4.78, 5) is 7.33. The van der Waals surface area contributed by atoms with E-state index in [2.05, 4.69) is 53.5 Å². The number of para-hydroxylation sites is 1. The highest BCUT2D eigenvalue weighted by atomic mass is 15.3. The van der Waals surface area contributed by atoms with E-state index < -0.39 is 0 Å². The number of benzene rings is 1. The number of fused-ring (bicyclic) bond motifs is 1. The van der Waals surface area contributed by atoms with Gasteiger partial charge in [-0.1, -0.05) is 25.1 Å². The van der Waals surface area contributed by atoms with Gasteiger partial charge in [-0.3, -0.25) is 9.67 Å². The van der Waals surface area contributed by atoms with E-state index in [0.717, 1.165) is 24.2 Å². The second kappa shape index (κ2) is 5.69. The minimum atomic E-state index is 0.416. The van der Waals surface area contributed by atoms with E-state index in [4.69, 9.17) is 4.98 Å². The number of aromatic nitrogens is 3. The number of aryl methyl sites for hydroxylation is 2. The minimum Gasteiger partial charge on any atom is -0.364 e. The molecule has 118 valence electrons. The average molecular weight is 306 g/mol. The van der Waals surface area contributed by atoms with Crippen molar-refractivity contribution >= 4 is 16.6 Å². The third-order valence-corrected chi connectivity index (χ3v) is 4.78. The van der Waals surface area contributed by atoms with Gasteiger partial charge in [0.1, 0.15) is 0 Å². The number of rotatable bonds is 3. The Morgan fingerprint density at radius 1 is 1.26 bits per heavy atom. The standard InChI is InChI=1S/C19H22N4/c1-3-15-11-19(16-7-4-5-8-17(16)21-15)23-10-6-9-18(23)14-12-20-22(2)13-14/h4-5,7-8,11-13,18H,3,6,9-10H2,1-2H3. The van der Waals surface area contributed by atoms with Gasteiger partial charge in [-0.2, -0.15) is 5.10 Å². The summed E-state index contributed by atoms with van der Waals surface area (Å²) in [5, 5.41) is 5.61. The lowest BCUT2D eigenvalue weighted by Gasteiger charge is -2.28. The summed E-state index contributed by atoms with van der Waals surface area (Å²) in [7, 11) is 1.99. The molecule has 1 fully saturated rings. The first-order chi connectivity index (χ1) is 11.3. The van der Waals surface area contributed by atoms with Crippen molar-refractivity contribution in [1.29, 1.82) is 0 Å². The van der Waals surface area contributed by atoms with E-state index in [0.29, 0.717) is 6.04 Å². The minimum absolute atomic E-state index is 0.416. The van der Waals surface area contributed by atoms with Crippen LogP contribution in [0.3, 0.4) is 0 Å². The monoisotopic (exact) mass is 306 g/mol.